The fourth-order valence-corrected chi connectivity index (χ4v) is 4.68. The summed E-state index contributed by atoms with van der Waals surface area (Å²) in [6, 6.07) is 0. The Bertz CT molecular complexity index is 122. The van der Waals surface area contributed by atoms with Gasteiger partial charge < -0.3 is 14.0 Å². The van der Waals surface area contributed by atoms with E-state index >= 15 is 0 Å². The Labute approximate surface area is 74.9 Å². The molecule has 1 N–H and O–H groups in total. The highest BCUT2D eigenvalue weighted by Gasteiger charge is 2.45. The van der Waals surface area contributed by atoms with Gasteiger partial charge in [0.25, 0.3) is 0 Å². The van der Waals surface area contributed by atoms with Crippen LogP contribution in [0.3, 0.4) is 0 Å². The molecule has 0 aromatic carbocycles. The highest BCUT2D eigenvalue weighted by molar-refractivity contribution is 6.68. The molecule has 1 fully saturated rings. The van der Waals surface area contributed by atoms with E-state index in [1.807, 2.05) is 0 Å². The van der Waals surface area contributed by atoms with Gasteiger partial charge in [-0.1, -0.05) is 12.8 Å². The maximum Gasteiger partial charge on any atom is 0.367 e. The number of aliphatic hydroxyl groups is 1. The molecule has 0 atom stereocenters. The molecule has 0 spiro atoms. The molecule has 0 aliphatic heterocycles. The molecular formula is C8H18O3Si. The summed E-state index contributed by atoms with van der Waals surface area (Å²) in [4.78, 5) is 0. The Morgan fingerprint density at radius 2 is 1.75 bits per heavy atom. The quantitative estimate of drug-likeness (QED) is 0.677. The molecule has 4 heteroatoms. The number of hydrogen-bond donors (Lipinski definition) is 1. The van der Waals surface area contributed by atoms with Crippen LogP contribution >= 0.6 is 0 Å². The molecule has 0 aromatic heterocycles. The van der Waals surface area contributed by atoms with E-state index in [1.54, 1.807) is 14.2 Å². The van der Waals surface area contributed by atoms with Gasteiger partial charge in [-0.15, -0.1) is 0 Å². The zero-order valence-electron chi connectivity index (χ0n) is 7.88. The van der Waals surface area contributed by atoms with E-state index in [-0.39, 0.29) is 6.23 Å². The number of aliphatic hydroxyl groups excluding tert-OH is 1. The Kier molecular flexibility index (Phi) is 3.70. The SMILES string of the molecule is CO[Si](CO)(OC)C1CCCC1. The highest BCUT2D eigenvalue weighted by Crippen LogP contribution is 2.38. The summed E-state index contributed by atoms with van der Waals surface area (Å²) in [5.41, 5.74) is 0.498. The normalized spacial score (nSPS) is 20.2. The van der Waals surface area contributed by atoms with E-state index in [1.165, 1.54) is 12.8 Å². The average Bonchev–Trinajstić information content (AvgIpc) is 2.62. The lowest BCUT2D eigenvalue weighted by atomic mass is 10.4. The predicted octanol–water partition coefficient (Wildman–Crippen LogP) is 1.20. The lowest BCUT2D eigenvalue weighted by molar-refractivity contribution is 0.185. The minimum absolute atomic E-state index is 0.0880. The summed E-state index contributed by atoms with van der Waals surface area (Å²) < 4.78 is 10.8. The van der Waals surface area contributed by atoms with Crippen LogP contribution in [0.25, 0.3) is 0 Å². The van der Waals surface area contributed by atoms with Crippen molar-refractivity contribution in [2.75, 3.05) is 20.4 Å². The van der Waals surface area contributed by atoms with Gasteiger partial charge in [0.05, 0.1) is 6.23 Å². The fraction of sp³-hybridized carbons (Fsp3) is 1.00. The van der Waals surface area contributed by atoms with Gasteiger partial charge in [-0.25, -0.2) is 0 Å². The van der Waals surface area contributed by atoms with Gasteiger partial charge in [-0.05, 0) is 12.8 Å². The minimum atomic E-state index is -2.23. The largest absolute Gasteiger partial charge is 0.396 e. The van der Waals surface area contributed by atoms with Crippen molar-refractivity contribution in [3.05, 3.63) is 0 Å². The molecule has 0 radical (unpaired) electrons. The highest BCUT2D eigenvalue weighted by atomic mass is 28.4. The Balaban J connectivity index is 2.61. The van der Waals surface area contributed by atoms with Crippen LogP contribution in [0, 0.1) is 0 Å². The van der Waals surface area contributed by atoms with Crippen LogP contribution in [-0.2, 0) is 8.85 Å². The summed E-state index contributed by atoms with van der Waals surface area (Å²) in [6.07, 6.45) is 4.92. The first-order valence-electron chi connectivity index (χ1n) is 4.50. The van der Waals surface area contributed by atoms with Crippen LogP contribution < -0.4 is 0 Å². The molecule has 0 unspecified atom stereocenters. The maximum atomic E-state index is 9.25. The summed E-state index contributed by atoms with van der Waals surface area (Å²) in [7, 11) is 1.09. The molecule has 0 aromatic rings. The topological polar surface area (TPSA) is 38.7 Å². The molecule has 1 aliphatic carbocycles. The van der Waals surface area contributed by atoms with Crippen LogP contribution in [0.2, 0.25) is 5.54 Å². The van der Waals surface area contributed by atoms with Gasteiger partial charge >= 0.3 is 8.56 Å². The molecule has 1 aliphatic rings. The lowest BCUT2D eigenvalue weighted by Crippen LogP contribution is -2.48. The van der Waals surface area contributed by atoms with Crippen molar-refractivity contribution in [3.63, 3.8) is 0 Å². The first kappa shape index (κ1) is 10.2. The third-order valence-corrected chi connectivity index (χ3v) is 6.53. The van der Waals surface area contributed by atoms with E-state index in [9.17, 15) is 5.11 Å². The fourth-order valence-electron chi connectivity index (χ4n) is 2.04. The average molecular weight is 190 g/mol. The van der Waals surface area contributed by atoms with E-state index < -0.39 is 8.56 Å². The third kappa shape index (κ3) is 1.71. The van der Waals surface area contributed by atoms with Crippen LogP contribution in [0.15, 0.2) is 0 Å². The van der Waals surface area contributed by atoms with E-state index in [2.05, 4.69) is 0 Å². The monoisotopic (exact) mass is 190 g/mol. The van der Waals surface area contributed by atoms with Crippen molar-refractivity contribution in [2.24, 2.45) is 0 Å². The molecule has 0 amide bonds. The molecule has 0 saturated heterocycles. The molecule has 1 rings (SSSR count). The zero-order chi connectivity index (χ0) is 9.03. The molecule has 3 nitrogen and oxygen atoms in total. The predicted molar refractivity (Wildman–Crippen MR) is 49.1 cm³/mol. The smallest absolute Gasteiger partial charge is 0.367 e. The molecule has 0 bridgehead atoms. The molecule has 12 heavy (non-hydrogen) atoms. The summed E-state index contributed by atoms with van der Waals surface area (Å²) in [5.74, 6) is 0. The number of hydrogen-bond acceptors (Lipinski definition) is 3. The van der Waals surface area contributed by atoms with Gasteiger partial charge in [0.1, 0.15) is 0 Å². The van der Waals surface area contributed by atoms with Crippen LogP contribution in [-0.4, -0.2) is 34.1 Å². The van der Waals surface area contributed by atoms with Gasteiger partial charge in [-0.3, -0.25) is 0 Å². The van der Waals surface area contributed by atoms with Crippen molar-refractivity contribution in [1.29, 1.82) is 0 Å². The summed E-state index contributed by atoms with van der Waals surface area (Å²) >= 11 is 0. The molecule has 1 saturated carbocycles. The van der Waals surface area contributed by atoms with Crippen molar-refractivity contribution in [1.82, 2.24) is 0 Å². The van der Waals surface area contributed by atoms with Gasteiger partial charge in [0, 0.05) is 19.8 Å². The van der Waals surface area contributed by atoms with Gasteiger partial charge in [-0.2, -0.15) is 0 Å². The molecule has 72 valence electrons. The second kappa shape index (κ2) is 4.37. The van der Waals surface area contributed by atoms with Crippen LogP contribution in [0.5, 0.6) is 0 Å². The third-order valence-electron chi connectivity index (χ3n) is 2.89. The van der Waals surface area contributed by atoms with Crippen LogP contribution in [0.4, 0.5) is 0 Å². The van der Waals surface area contributed by atoms with Crippen LogP contribution in [0.1, 0.15) is 25.7 Å². The standard InChI is InChI=1S/C8H18O3Si/c1-10-12(7-9,11-2)8-5-3-4-6-8/h8-9H,3-7H2,1-2H3. The van der Waals surface area contributed by atoms with E-state index in [0.29, 0.717) is 5.54 Å². The summed E-state index contributed by atoms with van der Waals surface area (Å²) in [5, 5.41) is 9.25. The minimum Gasteiger partial charge on any atom is -0.396 e. The second-order valence-corrected chi connectivity index (χ2v) is 6.93. The Morgan fingerprint density at radius 3 is 2.08 bits per heavy atom. The lowest BCUT2D eigenvalue weighted by Gasteiger charge is -2.30. The second-order valence-electron chi connectivity index (χ2n) is 3.36. The molecule has 0 heterocycles. The van der Waals surface area contributed by atoms with Crippen molar-refractivity contribution < 1.29 is 14.0 Å². The van der Waals surface area contributed by atoms with Gasteiger partial charge in [0.15, 0.2) is 0 Å². The maximum absolute atomic E-state index is 9.25. The first-order chi connectivity index (χ1) is 5.79. The Morgan fingerprint density at radius 1 is 1.25 bits per heavy atom. The molecular weight excluding hydrogens is 172 g/mol. The van der Waals surface area contributed by atoms with E-state index in [4.69, 9.17) is 8.85 Å². The van der Waals surface area contributed by atoms with E-state index in [0.717, 1.165) is 12.8 Å². The first-order valence-corrected chi connectivity index (χ1v) is 6.60. The zero-order valence-corrected chi connectivity index (χ0v) is 8.88. The number of rotatable bonds is 4. The van der Waals surface area contributed by atoms with Gasteiger partial charge in [0.2, 0.25) is 0 Å². The van der Waals surface area contributed by atoms with Crippen molar-refractivity contribution >= 4 is 8.56 Å². The summed E-state index contributed by atoms with van der Waals surface area (Å²) in [6.45, 7) is 0. The van der Waals surface area contributed by atoms with Crippen molar-refractivity contribution in [2.45, 2.75) is 31.2 Å². The van der Waals surface area contributed by atoms with Crippen molar-refractivity contribution in [3.8, 4) is 0 Å². The Hall–Kier alpha value is 0.0969.